The Morgan fingerprint density at radius 3 is 2.40 bits per heavy atom. The van der Waals surface area contributed by atoms with Gasteiger partial charge in [0.1, 0.15) is 5.75 Å². The van der Waals surface area contributed by atoms with E-state index in [4.69, 9.17) is 18.9 Å². The highest BCUT2D eigenvalue weighted by atomic mass is 16.5. The van der Waals surface area contributed by atoms with Gasteiger partial charge < -0.3 is 23.8 Å². The van der Waals surface area contributed by atoms with E-state index >= 15 is 0 Å². The molecule has 0 atom stereocenters. The summed E-state index contributed by atoms with van der Waals surface area (Å²) in [5.74, 6) is 0.866. The topological polar surface area (TPSA) is 56.3 Å². The lowest BCUT2D eigenvalue weighted by atomic mass is 10.1. The van der Waals surface area contributed by atoms with E-state index < -0.39 is 0 Å². The van der Waals surface area contributed by atoms with Crippen molar-refractivity contribution >= 4 is 16.6 Å². The number of pyridine rings is 1. The molecule has 1 aromatic heterocycles. The number of fused-ring (bicyclic) bond motifs is 1. The molecule has 2 heterocycles. The summed E-state index contributed by atoms with van der Waals surface area (Å²) >= 11 is 0. The van der Waals surface area contributed by atoms with Crippen molar-refractivity contribution in [3.05, 3.63) is 102 Å². The lowest BCUT2D eigenvalue weighted by Crippen LogP contribution is -2.38. The minimum Gasteiger partial charge on any atom is -0.497 e. The summed E-state index contributed by atoms with van der Waals surface area (Å²) in [4.78, 5) is 9.31. The van der Waals surface area contributed by atoms with Crippen LogP contribution in [0.2, 0.25) is 0 Å². The first-order chi connectivity index (χ1) is 19.8. The zero-order valence-corrected chi connectivity index (χ0v) is 23.3. The van der Waals surface area contributed by atoms with Crippen molar-refractivity contribution in [3.8, 4) is 5.75 Å². The number of rotatable bonds is 14. The Balaban J connectivity index is 1.17. The molecule has 4 aromatic rings. The predicted molar refractivity (Wildman–Crippen MR) is 159 cm³/mol. The van der Waals surface area contributed by atoms with Crippen molar-refractivity contribution in [2.45, 2.75) is 19.7 Å². The zero-order chi connectivity index (χ0) is 27.4. The van der Waals surface area contributed by atoms with E-state index in [1.165, 1.54) is 11.1 Å². The number of aromatic nitrogens is 1. The fourth-order valence-electron chi connectivity index (χ4n) is 4.89. The van der Waals surface area contributed by atoms with Crippen LogP contribution in [-0.2, 0) is 33.9 Å². The third kappa shape index (κ3) is 8.26. The molecule has 0 unspecified atom stereocenters. The predicted octanol–water partition coefficient (Wildman–Crippen LogP) is 5.32. The number of methoxy groups -OCH3 is 1. The van der Waals surface area contributed by atoms with Crippen LogP contribution in [0.1, 0.15) is 16.7 Å². The third-order valence-electron chi connectivity index (χ3n) is 7.15. The van der Waals surface area contributed by atoms with E-state index in [0.29, 0.717) is 19.8 Å². The van der Waals surface area contributed by atoms with Gasteiger partial charge in [0.05, 0.1) is 52.3 Å². The van der Waals surface area contributed by atoms with E-state index in [2.05, 4.69) is 75.4 Å². The number of benzene rings is 3. The van der Waals surface area contributed by atoms with Gasteiger partial charge >= 0.3 is 0 Å². The van der Waals surface area contributed by atoms with Crippen LogP contribution >= 0.6 is 0 Å². The van der Waals surface area contributed by atoms with Crippen molar-refractivity contribution in [2.24, 2.45) is 0 Å². The Morgan fingerprint density at radius 1 is 0.800 bits per heavy atom. The van der Waals surface area contributed by atoms with Crippen LogP contribution in [0, 0.1) is 0 Å². The van der Waals surface area contributed by atoms with Crippen LogP contribution in [0.3, 0.4) is 0 Å². The van der Waals surface area contributed by atoms with Crippen molar-refractivity contribution in [2.75, 3.05) is 64.7 Å². The highest BCUT2D eigenvalue weighted by molar-refractivity contribution is 5.79. The summed E-state index contributed by atoms with van der Waals surface area (Å²) in [7, 11) is 1.71. The highest BCUT2D eigenvalue weighted by Crippen LogP contribution is 2.24. The lowest BCUT2D eigenvalue weighted by molar-refractivity contribution is 0.00585. The van der Waals surface area contributed by atoms with E-state index in [1.54, 1.807) is 7.11 Å². The second kappa shape index (κ2) is 14.8. The molecule has 1 aliphatic rings. The average Bonchev–Trinajstić information content (AvgIpc) is 3.01. The standard InChI is InChI=1S/C33H39N3O4/c1-37-32-6-2-4-28(22-32)24-36(25-29-7-10-30-5-3-13-34-33(30)23-29)31-11-8-27(9-12-31)26-40-21-20-39-19-16-35-14-17-38-18-15-35/h2-13,22-23H,14-21,24-26H2,1H3. The van der Waals surface area contributed by atoms with Gasteiger partial charge in [-0.2, -0.15) is 0 Å². The zero-order valence-electron chi connectivity index (χ0n) is 23.3. The van der Waals surface area contributed by atoms with Gasteiger partial charge in [-0.3, -0.25) is 9.88 Å². The molecule has 3 aromatic carbocycles. The fraction of sp³-hybridized carbons (Fsp3) is 0.364. The molecule has 210 valence electrons. The summed E-state index contributed by atoms with van der Waals surface area (Å²) in [6, 6.07) is 27.5. The second-order valence-electron chi connectivity index (χ2n) is 10.0. The Kier molecular flexibility index (Phi) is 10.4. The number of morpholine rings is 1. The van der Waals surface area contributed by atoms with Crippen molar-refractivity contribution in [1.82, 2.24) is 9.88 Å². The second-order valence-corrected chi connectivity index (χ2v) is 10.0. The molecule has 0 aliphatic carbocycles. The maximum absolute atomic E-state index is 5.88. The quantitative estimate of drug-likeness (QED) is 0.200. The van der Waals surface area contributed by atoms with Crippen molar-refractivity contribution < 1.29 is 18.9 Å². The third-order valence-corrected chi connectivity index (χ3v) is 7.15. The molecule has 40 heavy (non-hydrogen) atoms. The molecule has 0 N–H and O–H groups in total. The highest BCUT2D eigenvalue weighted by Gasteiger charge is 2.12. The Hall–Kier alpha value is -3.49. The molecular weight excluding hydrogens is 502 g/mol. The van der Waals surface area contributed by atoms with Crippen molar-refractivity contribution in [3.63, 3.8) is 0 Å². The Morgan fingerprint density at radius 2 is 1.57 bits per heavy atom. The largest absolute Gasteiger partial charge is 0.497 e. The van der Waals surface area contributed by atoms with Crippen LogP contribution in [0.4, 0.5) is 5.69 Å². The van der Waals surface area contributed by atoms with Gasteiger partial charge in [-0.25, -0.2) is 0 Å². The van der Waals surface area contributed by atoms with Gasteiger partial charge in [0.2, 0.25) is 0 Å². The smallest absolute Gasteiger partial charge is 0.119 e. The number of hydrogen-bond acceptors (Lipinski definition) is 7. The Labute approximate surface area is 237 Å². The molecule has 7 nitrogen and oxygen atoms in total. The van der Waals surface area contributed by atoms with E-state index in [0.717, 1.165) is 80.4 Å². The summed E-state index contributed by atoms with van der Waals surface area (Å²) in [5, 5.41) is 1.15. The molecule has 0 radical (unpaired) electrons. The average molecular weight is 542 g/mol. The first kappa shape index (κ1) is 28.1. The number of ether oxygens (including phenoxy) is 4. The molecule has 7 heteroatoms. The Bertz CT molecular complexity index is 1320. The van der Waals surface area contributed by atoms with E-state index in [9.17, 15) is 0 Å². The number of hydrogen-bond donors (Lipinski definition) is 0. The van der Waals surface area contributed by atoms with Gasteiger partial charge in [0, 0.05) is 50.0 Å². The van der Waals surface area contributed by atoms with Crippen LogP contribution in [0.5, 0.6) is 5.75 Å². The number of nitrogens with zero attached hydrogens (tertiary/aromatic N) is 3. The van der Waals surface area contributed by atoms with Crippen LogP contribution in [0.25, 0.3) is 10.9 Å². The maximum Gasteiger partial charge on any atom is 0.119 e. The normalized spacial score (nSPS) is 13.9. The van der Waals surface area contributed by atoms with Gasteiger partial charge in [-0.05, 0) is 53.1 Å². The lowest BCUT2D eigenvalue weighted by Gasteiger charge is -2.26. The minimum atomic E-state index is 0.569. The summed E-state index contributed by atoms with van der Waals surface area (Å²) < 4.78 is 22.5. The van der Waals surface area contributed by atoms with Gasteiger partial charge in [0.25, 0.3) is 0 Å². The summed E-state index contributed by atoms with van der Waals surface area (Å²) in [6.45, 7) is 8.60. The molecule has 0 amide bonds. The molecule has 0 saturated carbocycles. The minimum absolute atomic E-state index is 0.569. The molecule has 1 saturated heterocycles. The maximum atomic E-state index is 5.88. The molecule has 5 rings (SSSR count). The SMILES string of the molecule is COc1cccc(CN(Cc2ccc3cccnc3c2)c2ccc(COCCOCCN3CCOCC3)cc2)c1. The van der Waals surface area contributed by atoms with E-state index in [-0.39, 0.29) is 0 Å². The first-order valence-electron chi connectivity index (χ1n) is 14.0. The molecule has 1 aliphatic heterocycles. The van der Waals surface area contributed by atoms with Crippen LogP contribution in [0.15, 0.2) is 85.1 Å². The molecular formula is C33H39N3O4. The molecule has 0 bridgehead atoms. The van der Waals surface area contributed by atoms with Crippen molar-refractivity contribution in [1.29, 1.82) is 0 Å². The van der Waals surface area contributed by atoms with Crippen LogP contribution < -0.4 is 9.64 Å². The molecule has 0 spiro atoms. The fourth-order valence-corrected chi connectivity index (χ4v) is 4.89. The summed E-state index contributed by atoms with van der Waals surface area (Å²) in [5.41, 5.74) is 5.72. The monoisotopic (exact) mass is 541 g/mol. The number of anilines is 1. The summed E-state index contributed by atoms with van der Waals surface area (Å²) in [6.07, 6.45) is 1.85. The van der Waals surface area contributed by atoms with E-state index in [1.807, 2.05) is 24.4 Å². The van der Waals surface area contributed by atoms with Gasteiger partial charge in [-0.1, -0.05) is 42.5 Å². The van der Waals surface area contributed by atoms with Crippen LogP contribution in [-0.4, -0.2) is 69.7 Å². The van der Waals surface area contributed by atoms with Gasteiger partial charge in [0.15, 0.2) is 0 Å². The molecule has 1 fully saturated rings. The van der Waals surface area contributed by atoms with Gasteiger partial charge in [-0.15, -0.1) is 0 Å². The first-order valence-corrected chi connectivity index (χ1v) is 14.0.